The predicted octanol–water partition coefficient (Wildman–Crippen LogP) is 3.23. The molecule has 1 aromatic carbocycles. The number of nitrogens with zero attached hydrogens (tertiary/aromatic N) is 3. The van der Waals surface area contributed by atoms with Crippen molar-refractivity contribution in [2.45, 2.75) is 25.7 Å². The van der Waals surface area contributed by atoms with Crippen molar-refractivity contribution in [3.8, 4) is 0 Å². The zero-order chi connectivity index (χ0) is 16.6. The number of benzene rings is 1. The monoisotopic (exact) mass is 377 g/mol. The van der Waals surface area contributed by atoms with Gasteiger partial charge in [-0.05, 0) is 23.8 Å². The Morgan fingerprint density at radius 1 is 1.30 bits per heavy atom. The van der Waals surface area contributed by atoms with Crippen LogP contribution in [-0.2, 0) is 16.6 Å². The van der Waals surface area contributed by atoms with Crippen molar-refractivity contribution >= 4 is 27.5 Å². The summed E-state index contributed by atoms with van der Waals surface area (Å²) >= 11 is 3.23. The maximum atomic E-state index is 13.0. The van der Waals surface area contributed by atoms with Gasteiger partial charge in [-0.2, -0.15) is 10.2 Å². The number of alkyl halides is 1. The summed E-state index contributed by atoms with van der Waals surface area (Å²) in [4.78, 5) is 13.9. The van der Waals surface area contributed by atoms with Gasteiger partial charge in [-0.15, -0.1) is 0 Å². The van der Waals surface area contributed by atoms with E-state index >= 15 is 0 Å². The molecule has 0 aliphatic carbocycles. The summed E-state index contributed by atoms with van der Waals surface area (Å²) in [5.41, 5.74) is 3.17. The van der Waals surface area contributed by atoms with E-state index in [0.29, 0.717) is 13.0 Å². The summed E-state index contributed by atoms with van der Waals surface area (Å²) in [6, 6.07) is 8.24. The molecule has 0 N–H and O–H groups in total. The van der Waals surface area contributed by atoms with Crippen molar-refractivity contribution in [2.75, 3.05) is 16.8 Å². The lowest BCUT2D eigenvalue weighted by molar-refractivity contribution is -0.116. The molecule has 0 saturated carbocycles. The van der Waals surface area contributed by atoms with Crippen LogP contribution in [0.15, 0.2) is 30.3 Å². The van der Waals surface area contributed by atoms with Gasteiger partial charge in [0.15, 0.2) is 0 Å². The Morgan fingerprint density at radius 3 is 2.65 bits per heavy atom. The first-order valence-electron chi connectivity index (χ1n) is 7.38. The molecule has 0 fully saturated rings. The highest BCUT2D eigenvalue weighted by Gasteiger charge is 2.39. The van der Waals surface area contributed by atoms with Crippen LogP contribution in [0.5, 0.6) is 0 Å². The average Bonchev–Trinajstić information content (AvgIpc) is 2.80. The van der Waals surface area contributed by atoms with E-state index in [9.17, 15) is 9.18 Å². The number of aromatic nitrogens is 2. The third-order valence-electron chi connectivity index (χ3n) is 4.02. The van der Waals surface area contributed by atoms with E-state index in [2.05, 4.69) is 40.0 Å². The first-order chi connectivity index (χ1) is 10.9. The molecule has 0 radical (unpaired) electrons. The number of halogens is 2. The van der Waals surface area contributed by atoms with Crippen LogP contribution < -0.4 is 4.90 Å². The number of hydrogen-bond acceptors (Lipinski definition) is 3. The van der Waals surface area contributed by atoms with Gasteiger partial charge in [-0.25, -0.2) is 4.39 Å². The SMILES string of the molecule is CC1(C)CN(C(=O)CBr)c2cc(Cc3ccc(F)cc3)nnc21. The second-order valence-corrected chi connectivity index (χ2v) is 6.93. The first-order valence-corrected chi connectivity index (χ1v) is 8.51. The minimum Gasteiger partial charge on any atom is -0.309 e. The van der Waals surface area contributed by atoms with Crippen molar-refractivity contribution < 1.29 is 9.18 Å². The topological polar surface area (TPSA) is 46.1 Å². The Labute approximate surface area is 142 Å². The molecule has 1 aliphatic heterocycles. The molecule has 2 heterocycles. The smallest absolute Gasteiger partial charge is 0.237 e. The molecular formula is C17H17BrFN3O. The number of carbonyl (C=O) groups is 1. The molecule has 3 rings (SSSR count). The Balaban J connectivity index is 1.94. The first kappa shape index (κ1) is 16.1. The number of carbonyl (C=O) groups excluding carboxylic acids is 1. The lowest BCUT2D eigenvalue weighted by Crippen LogP contribution is -2.34. The van der Waals surface area contributed by atoms with E-state index in [4.69, 9.17) is 0 Å². The fraction of sp³-hybridized carbons (Fsp3) is 0.353. The van der Waals surface area contributed by atoms with E-state index in [1.165, 1.54) is 12.1 Å². The van der Waals surface area contributed by atoms with Gasteiger partial charge in [0.05, 0.1) is 22.4 Å². The molecule has 0 saturated heterocycles. The predicted molar refractivity (Wildman–Crippen MR) is 90.4 cm³/mol. The molecule has 0 spiro atoms. The Bertz CT molecular complexity index is 746. The Hall–Kier alpha value is -1.82. The van der Waals surface area contributed by atoms with E-state index in [0.717, 1.165) is 22.6 Å². The molecule has 1 amide bonds. The number of anilines is 1. The van der Waals surface area contributed by atoms with Crippen molar-refractivity contribution in [3.63, 3.8) is 0 Å². The van der Waals surface area contributed by atoms with Gasteiger partial charge in [0.1, 0.15) is 5.82 Å². The highest BCUT2D eigenvalue weighted by molar-refractivity contribution is 9.09. The van der Waals surface area contributed by atoms with Crippen LogP contribution in [0.2, 0.25) is 0 Å². The largest absolute Gasteiger partial charge is 0.309 e. The molecule has 2 aromatic rings. The maximum Gasteiger partial charge on any atom is 0.237 e. The van der Waals surface area contributed by atoms with Crippen LogP contribution in [0.4, 0.5) is 10.1 Å². The maximum absolute atomic E-state index is 13.0. The van der Waals surface area contributed by atoms with Gasteiger partial charge in [-0.1, -0.05) is 41.9 Å². The second-order valence-electron chi connectivity index (χ2n) is 6.37. The number of amides is 1. The molecule has 0 atom stereocenters. The van der Waals surface area contributed by atoms with Crippen molar-refractivity contribution in [1.82, 2.24) is 10.2 Å². The van der Waals surface area contributed by atoms with Gasteiger partial charge in [-0.3, -0.25) is 4.79 Å². The van der Waals surface area contributed by atoms with E-state index in [1.54, 1.807) is 17.0 Å². The number of rotatable bonds is 3. The summed E-state index contributed by atoms with van der Waals surface area (Å²) in [7, 11) is 0. The van der Waals surface area contributed by atoms with Crippen LogP contribution in [-0.4, -0.2) is 28.0 Å². The molecule has 0 unspecified atom stereocenters. The lowest BCUT2D eigenvalue weighted by Gasteiger charge is -2.19. The molecule has 0 bridgehead atoms. The summed E-state index contributed by atoms with van der Waals surface area (Å²) < 4.78 is 13.0. The van der Waals surface area contributed by atoms with Crippen LogP contribution in [0, 0.1) is 5.82 Å². The molecule has 1 aromatic heterocycles. The van der Waals surface area contributed by atoms with E-state index in [-0.39, 0.29) is 22.5 Å². The van der Waals surface area contributed by atoms with Crippen molar-refractivity contribution in [1.29, 1.82) is 0 Å². The van der Waals surface area contributed by atoms with E-state index in [1.807, 2.05) is 6.07 Å². The number of fused-ring (bicyclic) bond motifs is 1. The zero-order valence-corrected chi connectivity index (χ0v) is 14.6. The van der Waals surface area contributed by atoms with Gasteiger partial charge in [0, 0.05) is 18.4 Å². The fourth-order valence-electron chi connectivity index (χ4n) is 2.86. The van der Waals surface area contributed by atoms with Gasteiger partial charge < -0.3 is 4.90 Å². The van der Waals surface area contributed by atoms with Crippen LogP contribution >= 0.6 is 15.9 Å². The standard InChI is InChI=1S/C17H17BrFN3O/c1-17(2)10-22(15(23)9-18)14-8-13(20-21-16(14)17)7-11-3-5-12(19)6-4-11/h3-6,8H,7,9-10H2,1-2H3. The molecule has 4 nitrogen and oxygen atoms in total. The molecule has 23 heavy (non-hydrogen) atoms. The van der Waals surface area contributed by atoms with Crippen molar-refractivity contribution in [2.24, 2.45) is 0 Å². The molecular weight excluding hydrogens is 361 g/mol. The molecule has 6 heteroatoms. The fourth-order valence-corrected chi connectivity index (χ4v) is 3.16. The number of hydrogen-bond donors (Lipinski definition) is 0. The van der Waals surface area contributed by atoms with Gasteiger partial charge >= 0.3 is 0 Å². The van der Waals surface area contributed by atoms with Crippen molar-refractivity contribution in [3.05, 3.63) is 53.1 Å². The normalized spacial score (nSPS) is 15.6. The average molecular weight is 378 g/mol. The van der Waals surface area contributed by atoms with Crippen LogP contribution in [0.3, 0.4) is 0 Å². The molecule has 120 valence electrons. The highest BCUT2D eigenvalue weighted by atomic mass is 79.9. The summed E-state index contributed by atoms with van der Waals surface area (Å²) in [5, 5.41) is 8.93. The third-order valence-corrected chi connectivity index (χ3v) is 4.50. The summed E-state index contributed by atoms with van der Waals surface area (Å²) in [5.74, 6) is -0.248. The third kappa shape index (κ3) is 3.13. The second kappa shape index (κ2) is 6.00. The van der Waals surface area contributed by atoms with Gasteiger partial charge in [0.25, 0.3) is 0 Å². The summed E-state index contributed by atoms with van der Waals surface area (Å²) in [6.07, 6.45) is 0.553. The Kier molecular flexibility index (Phi) is 4.19. The lowest BCUT2D eigenvalue weighted by atomic mass is 9.91. The van der Waals surface area contributed by atoms with Crippen LogP contribution in [0.1, 0.15) is 30.8 Å². The highest BCUT2D eigenvalue weighted by Crippen LogP contribution is 2.39. The summed E-state index contributed by atoms with van der Waals surface area (Å²) in [6.45, 7) is 4.71. The van der Waals surface area contributed by atoms with Crippen LogP contribution in [0.25, 0.3) is 0 Å². The Morgan fingerprint density at radius 2 is 2.00 bits per heavy atom. The molecule has 1 aliphatic rings. The van der Waals surface area contributed by atoms with E-state index < -0.39 is 0 Å². The minimum absolute atomic E-state index is 0.0116. The van der Waals surface area contributed by atoms with Gasteiger partial charge in [0.2, 0.25) is 5.91 Å². The minimum atomic E-state index is -0.260. The quantitative estimate of drug-likeness (QED) is 0.771. The zero-order valence-electron chi connectivity index (χ0n) is 13.0.